The lowest BCUT2D eigenvalue weighted by Gasteiger charge is -2.12. The molecule has 0 aliphatic carbocycles. The number of carbonyl (C=O) groups is 1. The van der Waals surface area contributed by atoms with Crippen LogP contribution in [-0.2, 0) is 6.42 Å². The zero-order valence-corrected chi connectivity index (χ0v) is 16.0. The molecule has 1 heterocycles. The zero-order chi connectivity index (χ0) is 18.0. The minimum absolute atomic E-state index is 0.118. The van der Waals surface area contributed by atoms with E-state index in [4.69, 9.17) is 11.6 Å². The number of carbonyl (C=O) groups excluding carboxylic acids is 1. The fraction of sp³-hybridized carbons (Fsp3) is 0.200. The Morgan fingerprint density at radius 1 is 1.20 bits per heavy atom. The summed E-state index contributed by atoms with van der Waals surface area (Å²) in [6, 6.07) is 13.6. The molecule has 0 atom stereocenters. The van der Waals surface area contributed by atoms with E-state index in [2.05, 4.69) is 17.2 Å². The summed E-state index contributed by atoms with van der Waals surface area (Å²) in [6.07, 6.45) is 0.868. The summed E-state index contributed by atoms with van der Waals surface area (Å²) in [4.78, 5) is 18.0. The number of rotatable bonds is 4. The second kappa shape index (κ2) is 7.38. The molecule has 0 fully saturated rings. The van der Waals surface area contributed by atoms with Gasteiger partial charge in [-0.15, -0.1) is 11.3 Å². The van der Waals surface area contributed by atoms with Gasteiger partial charge in [0.15, 0.2) is 0 Å². The van der Waals surface area contributed by atoms with Crippen LogP contribution >= 0.6 is 22.9 Å². The highest BCUT2D eigenvalue weighted by Gasteiger charge is 2.18. The molecule has 3 nitrogen and oxygen atoms in total. The highest BCUT2D eigenvalue weighted by Crippen LogP contribution is 2.30. The minimum Gasteiger partial charge on any atom is -0.321 e. The highest BCUT2D eigenvalue weighted by atomic mass is 35.5. The summed E-state index contributed by atoms with van der Waals surface area (Å²) in [6.45, 7) is 5.95. The van der Waals surface area contributed by atoms with Gasteiger partial charge < -0.3 is 5.32 Å². The predicted octanol–water partition coefficient (Wildman–Crippen LogP) is 5.90. The summed E-state index contributed by atoms with van der Waals surface area (Å²) >= 11 is 7.45. The van der Waals surface area contributed by atoms with Gasteiger partial charge >= 0.3 is 0 Å². The maximum absolute atomic E-state index is 12.8. The molecule has 3 rings (SSSR count). The van der Waals surface area contributed by atoms with E-state index >= 15 is 0 Å². The minimum atomic E-state index is -0.118. The molecule has 25 heavy (non-hydrogen) atoms. The van der Waals surface area contributed by atoms with Gasteiger partial charge in [-0.2, -0.15) is 0 Å². The van der Waals surface area contributed by atoms with Crippen molar-refractivity contribution in [3.63, 3.8) is 0 Å². The van der Waals surface area contributed by atoms with Crippen LogP contribution in [0.25, 0.3) is 10.6 Å². The summed E-state index contributed by atoms with van der Waals surface area (Å²) in [5, 5.41) is 4.52. The molecule has 128 valence electrons. The average molecular weight is 371 g/mol. The number of aromatic nitrogens is 1. The van der Waals surface area contributed by atoms with Gasteiger partial charge in [-0.3, -0.25) is 4.79 Å². The number of halogens is 1. The molecule has 0 radical (unpaired) electrons. The number of hydrogen-bond donors (Lipinski definition) is 1. The van der Waals surface area contributed by atoms with E-state index in [9.17, 15) is 4.79 Å². The third-order valence-corrected chi connectivity index (χ3v) is 5.49. The standard InChI is InChI=1S/C20H19ClN2OS/c1-4-14-8-5-7-12(2)17(14)23-19(24)18-13(3)22-20(25-18)15-9-6-10-16(21)11-15/h5-11H,4H2,1-3H3,(H,23,24). The van der Waals surface area contributed by atoms with Crippen molar-refractivity contribution in [1.82, 2.24) is 4.98 Å². The summed E-state index contributed by atoms with van der Waals surface area (Å²) in [7, 11) is 0. The monoisotopic (exact) mass is 370 g/mol. The van der Waals surface area contributed by atoms with E-state index in [1.807, 2.05) is 56.3 Å². The Balaban J connectivity index is 1.92. The Hall–Kier alpha value is -2.17. The van der Waals surface area contributed by atoms with E-state index < -0.39 is 0 Å². The maximum Gasteiger partial charge on any atom is 0.267 e. The highest BCUT2D eigenvalue weighted by molar-refractivity contribution is 7.17. The first-order valence-electron chi connectivity index (χ1n) is 8.12. The quantitative estimate of drug-likeness (QED) is 0.621. The van der Waals surface area contributed by atoms with E-state index in [1.165, 1.54) is 11.3 Å². The number of benzene rings is 2. The maximum atomic E-state index is 12.8. The topological polar surface area (TPSA) is 42.0 Å². The molecule has 1 amide bonds. The van der Waals surface area contributed by atoms with Crippen molar-refractivity contribution in [1.29, 1.82) is 0 Å². The first-order chi connectivity index (χ1) is 12.0. The van der Waals surface area contributed by atoms with Gasteiger partial charge in [-0.25, -0.2) is 4.98 Å². The molecule has 5 heteroatoms. The van der Waals surface area contributed by atoms with Crippen LogP contribution in [0, 0.1) is 13.8 Å². The number of aryl methyl sites for hydroxylation is 3. The van der Waals surface area contributed by atoms with Crippen LogP contribution in [0.15, 0.2) is 42.5 Å². The van der Waals surface area contributed by atoms with Gasteiger partial charge in [0.1, 0.15) is 9.88 Å². The van der Waals surface area contributed by atoms with Crippen LogP contribution in [0.5, 0.6) is 0 Å². The normalized spacial score (nSPS) is 10.7. The van der Waals surface area contributed by atoms with Crippen LogP contribution in [-0.4, -0.2) is 10.9 Å². The Morgan fingerprint density at radius 2 is 1.96 bits per heavy atom. The summed E-state index contributed by atoms with van der Waals surface area (Å²) in [5.41, 5.74) is 4.73. The summed E-state index contributed by atoms with van der Waals surface area (Å²) in [5.74, 6) is -0.118. The molecule has 1 aromatic heterocycles. The molecule has 0 aliphatic rings. The molecule has 0 saturated carbocycles. The van der Waals surface area contributed by atoms with Gasteiger partial charge in [0.2, 0.25) is 0 Å². The molecule has 0 spiro atoms. The first-order valence-corrected chi connectivity index (χ1v) is 9.32. The molecule has 0 bridgehead atoms. The number of amides is 1. The molecular weight excluding hydrogens is 352 g/mol. The Kier molecular flexibility index (Phi) is 5.21. The van der Waals surface area contributed by atoms with Crippen LogP contribution in [0.1, 0.15) is 33.4 Å². The lowest BCUT2D eigenvalue weighted by molar-refractivity contribution is 0.102. The number of nitrogens with zero attached hydrogens (tertiary/aromatic N) is 1. The van der Waals surface area contributed by atoms with Crippen LogP contribution in [0.4, 0.5) is 5.69 Å². The van der Waals surface area contributed by atoms with Crippen molar-refractivity contribution in [3.8, 4) is 10.6 Å². The largest absolute Gasteiger partial charge is 0.321 e. The Bertz CT molecular complexity index is 933. The number of hydrogen-bond acceptors (Lipinski definition) is 3. The number of anilines is 1. The van der Waals surface area contributed by atoms with Gasteiger partial charge in [0.25, 0.3) is 5.91 Å². The molecule has 0 saturated heterocycles. The van der Waals surface area contributed by atoms with Crippen LogP contribution in [0.2, 0.25) is 5.02 Å². The Labute approximate surface area is 156 Å². The third kappa shape index (κ3) is 3.75. The zero-order valence-electron chi connectivity index (χ0n) is 14.4. The van der Waals surface area contributed by atoms with Crippen molar-refractivity contribution in [3.05, 3.63) is 69.2 Å². The fourth-order valence-corrected chi connectivity index (χ4v) is 3.87. The third-order valence-electron chi connectivity index (χ3n) is 4.05. The second-order valence-electron chi connectivity index (χ2n) is 5.86. The lowest BCUT2D eigenvalue weighted by Crippen LogP contribution is -2.14. The lowest BCUT2D eigenvalue weighted by atomic mass is 10.1. The summed E-state index contributed by atoms with van der Waals surface area (Å²) < 4.78 is 0. The SMILES string of the molecule is CCc1cccc(C)c1NC(=O)c1sc(-c2cccc(Cl)c2)nc1C. The van der Waals surface area contributed by atoms with E-state index in [0.717, 1.165) is 39.5 Å². The number of nitrogens with one attached hydrogen (secondary N) is 1. The average Bonchev–Trinajstić information content (AvgIpc) is 2.98. The van der Waals surface area contributed by atoms with Crippen molar-refractivity contribution in [2.45, 2.75) is 27.2 Å². The molecule has 2 aromatic carbocycles. The molecular formula is C20H19ClN2OS. The van der Waals surface area contributed by atoms with Crippen molar-refractivity contribution in [2.75, 3.05) is 5.32 Å². The first kappa shape index (κ1) is 17.6. The van der Waals surface area contributed by atoms with Gasteiger partial charge in [0.05, 0.1) is 5.69 Å². The second-order valence-corrected chi connectivity index (χ2v) is 7.30. The predicted molar refractivity (Wildman–Crippen MR) is 106 cm³/mol. The molecule has 3 aromatic rings. The van der Waals surface area contributed by atoms with Crippen molar-refractivity contribution < 1.29 is 4.79 Å². The molecule has 0 unspecified atom stereocenters. The smallest absolute Gasteiger partial charge is 0.267 e. The number of para-hydroxylation sites is 1. The van der Waals surface area contributed by atoms with Crippen LogP contribution in [0.3, 0.4) is 0 Å². The molecule has 0 aliphatic heterocycles. The fourth-order valence-electron chi connectivity index (χ4n) is 2.72. The van der Waals surface area contributed by atoms with Gasteiger partial charge in [-0.05, 0) is 43.5 Å². The van der Waals surface area contributed by atoms with Crippen molar-refractivity contribution in [2.24, 2.45) is 0 Å². The van der Waals surface area contributed by atoms with E-state index in [1.54, 1.807) is 0 Å². The van der Waals surface area contributed by atoms with Crippen molar-refractivity contribution >= 4 is 34.5 Å². The van der Waals surface area contributed by atoms with Gasteiger partial charge in [0, 0.05) is 16.3 Å². The van der Waals surface area contributed by atoms with Gasteiger partial charge in [-0.1, -0.05) is 48.9 Å². The van der Waals surface area contributed by atoms with E-state index in [-0.39, 0.29) is 5.91 Å². The number of thiazole rings is 1. The van der Waals surface area contributed by atoms with E-state index in [0.29, 0.717) is 9.90 Å². The van der Waals surface area contributed by atoms with Crippen LogP contribution < -0.4 is 5.32 Å². The molecule has 1 N–H and O–H groups in total. The Morgan fingerprint density at radius 3 is 2.68 bits per heavy atom.